The van der Waals surface area contributed by atoms with Gasteiger partial charge in [-0.1, -0.05) is 26.7 Å². The zero-order chi connectivity index (χ0) is 12.1. The summed E-state index contributed by atoms with van der Waals surface area (Å²) >= 11 is 0. The van der Waals surface area contributed by atoms with E-state index in [9.17, 15) is 9.59 Å². The van der Waals surface area contributed by atoms with Crippen molar-refractivity contribution in [3.05, 3.63) is 0 Å². The first-order valence-corrected chi connectivity index (χ1v) is 5.20. The summed E-state index contributed by atoms with van der Waals surface area (Å²) < 4.78 is 4.54. The van der Waals surface area contributed by atoms with E-state index in [1.165, 1.54) is 14.0 Å². The standard InChI is InChI=1S/C11H20O4/c1-5-6-8(2)7-11(3,9(12)13)10(14)15-4/h8H,5-7H2,1-4H3,(H,12,13). The van der Waals surface area contributed by atoms with Crippen LogP contribution in [0.1, 0.15) is 40.0 Å². The summed E-state index contributed by atoms with van der Waals surface area (Å²) in [7, 11) is 1.22. The minimum atomic E-state index is -1.41. The lowest BCUT2D eigenvalue weighted by Gasteiger charge is -2.24. The number of methoxy groups -OCH3 is 1. The lowest BCUT2D eigenvalue weighted by atomic mass is 9.80. The molecule has 4 heteroatoms. The van der Waals surface area contributed by atoms with E-state index in [4.69, 9.17) is 5.11 Å². The monoisotopic (exact) mass is 216 g/mol. The van der Waals surface area contributed by atoms with Crippen LogP contribution in [0.25, 0.3) is 0 Å². The van der Waals surface area contributed by atoms with E-state index in [-0.39, 0.29) is 5.92 Å². The highest BCUT2D eigenvalue weighted by Crippen LogP contribution is 2.30. The van der Waals surface area contributed by atoms with Gasteiger partial charge in [-0.15, -0.1) is 0 Å². The number of esters is 1. The summed E-state index contributed by atoms with van der Waals surface area (Å²) in [5, 5.41) is 9.05. The van der Waals surface area contributed by atoms with E-state index < -0.39 is 17.4 Å². The molecule has 4 nitrogen and oxygen atoms in total. The third kappa shape index (κ3) is 3.53. The van der Waals surface area contributed by atoms with Crippen molar-refractivity contribution in [2.24, 2.45) is 11.3 Å². The molecule has 0 radical (unpaired) electrons. The Labute approximate surface area is 90.6 Å². The zero-order valence-corrected chi connectivity index (χ0v) is 9.87. The van der Waals surface area contributed by atoms with Crippen LogP contribution in [0.15, 0.2) is 0 Å². The fraction of sp³-hybridized carbons (Fsp3) is 0.818. The van der Waals surface area contributed by atoms with Gasteiger partial charge in [0.2, 0.25) is 0 Å². The van der Waals surface area contributed by atoms with Crippen LogP contribution >= 0.6 is 0 Å². The highest BCUT2D eigenvalue weighted by Gasteiger charge is 2.43. The average Bonchev–Trinajstić information content (AvgIpc) is 2.16. The van der Waals surface area contributed by atoms with Gasteiger partial charge in [0, 0.05) is 0 Å². The Hall–Kier alpha value is -1.06. The first kappa shape index (κ1) is 13.9. The van der Waals surface area contributed by atoms with E-state index in [2.05, 4.69) is 4.74 Å². The van der Waals surface area contributed by atoms with Crippen molar-refractivity contribution in [3.8, 4) is 0 Å². The number of carboxylic acid groups (broad SMARTS) is 1. The Morgan fingerprint density at radius 2 is 2.00 bits per heavy atom. The predicted octanol–water partition coefficient (Wildman–Crippen LogP) is 2.08. The molecule has 0 amide bonds. The summed E-state index contributed by atoms with van der Waals surface area (Å²) in [6.45, 7) is 5.41. The summed E-state index contributed by atoms with van der Waals surface area (Å²) in [6, 6.07) is 0. The van der Waals surface area contributed by atoms with Crippen molar-refractivity contribution in [1.82, 2.24) is 0 Å². The first-order valence-electron chi connectivity index (χ1n) is 5.20. The third-order valence-electron chi connectivity index (χ3n) is 2.65. The Bertz CT molecular complexity index is 237. The second-order valence-corrected chi connectivity index (χ2v) is 4.23. The van der Waals surface area contributed by atoms with Gasteiger partial charge in [-0.25, -0.2) is 0 Å². The largest absolute Gasteiger partial charge is 0.480 e. The van der Waals surface area contributed by atoms with E-state index in [0.717, 1.165) is 12.8 Å². The molecule has 88 valence electrons. The molecular formula is C11H20O4. The van der Waals surface area contributed by atoms with Gasteiger partial charge in [0.05, 0.1) is 7.11 Å². The molecule has 0 spiro atoms. The van der Waals surface area contributed by atoms with Gasteiger partial charge in [0.1, 0.15) is 0 Å². The lowest BCUT2D eigenvalue weighted by molar-refractivity contribution is -0.166. The van der Waals surface area contributed by atoms with E-state index >= 15 is 0 Å². The van der Waals surface area contributed by atoms with E-state index in [1.807, 2.05) is 13.8 Å². The molecule has 0 saturated heterocycles. The molecular weight excluding hydrogens is 196 g/mol. The Morgan fingerprint density at radius 1 is 1.47 bits per heavy atom. The van der Waals surface area contributed by atoms with Gasteiger partial charge in [-0.2, -0.15) is 0 Å². The smallest absolute Gasteiger partial charge is 0.322 e. The first-order chi connectivity index (χ1) is 6.88. The number of hydrogen-bond acceptors (Lipinski definition) is 3. The van der Waals surface area contributed by atoms with Gasteiger partial charge < -0.3 is 9.84 Å². The van der Waals surface area contributed by atoms with Gasteiger partial charge in [0.25, 0.3) is 0 Å². The Kier molecular flexibility index (Phi) is 5.33. The molecule has 1 N–H and O–H groups in total. The molecule has 0 saturated carbocycles. The predicted molar refractivity (Wildman–Crippen MR) is 56.4 cm³/mol. The topological polar surface area (TPSA) is 63.6 Å². The molecule has 0 rings (SSSR count). The van der Waals surface area contributed by atoms with Gasteiger partial charge in [-0.05, 0) is 19.3 Å². The number of ether oxygens (including phenoxy) is 1. The van der Waals surface area contributed by atoms with Crippen LogP contribution in [-0.4, -0.2) is 24.2 Å². The van der Waals surface area contributed by atoms with Gasteiger partial charge in [0.15, 0.2) is 5.41 Å². The molecule has 0 heterocycles. The van der Waals surface area contributed by atoms with Crippen LogP contribution in [0.3, 0.4) is 0 Å². The molecule has 0 aliphatic rings. The van der Waals surface area contributed by atoms with Crippen LogP contribution in [0.5, 0.6) is 0 Å². The van der Waals surface area contributed by atoms with Crippen LogP contribution in [0.2, 0.25) is 0 Å². The normalized spacial score (nSPS) is 16.5. The zero-order valence-electron chi connectivity index (χ0n) is 9.87. The second kappa shape index (κ2) is 5.73. The fourth-order valence-electron chi connectivity index (χ4n) is 1.78. The Morgan fingerprint density at radius 3 is 2.33 bits per heavy atom. The van der Waals surface area contributed by atoms with Crippen molar-refractivity contribution >= 4 is 11.9 Å². The molecule has 2 unspecified atom stereocenters. The maximum absolute atomic E-state index is 11.4. The summed E-state index contributed by atoms with van der Waals surface area (Å²) in [4.78, 5) is 22.5. The average molecular weight is 216 g/mol. The maximum atomic E-state index is 11.4. The van der Waals surface area contributed by atoms with Crippen molar-refractivity contribution < 1.29 is 19.4 Å². The van der Waals surface area contributed by atoms with Gasteiger partial charge >= 0.3 is 11.9 Å². The highest BCUT2D eigenvalue weighted by molar-refractivity contribution is 5.98. The van der Waals surface area contributed by atoms with Crippen molar-refractivity contribution in [2.75, 3.05) is 7.11 Å². The summed E-state index contributed by atoms with van der Waals surface area (Å²) in [5.41, 5.74) is -1.41. The Balaban J connectivity index is 4.66. The fourth-order valence-corrected chi connectivity index (χ4v) is 1.78. The molecule has 0 aliphatic heterocycles. The minimum absolute atomic E-state index is 0.204. The minimum Gasteiger partial charge on any atom is -0.480 e. The third-order valence-corrected chi connectivity index (χ3v) is 2.65. The van der Waals surface area contributed by atoms with E-state index in [0.29, 0.717) is 6.42 Å². The van der Waals surface area contributed by atoms with Crippen LogP contribution in [-0.2, 0) is 14.3 Å². The maximum Gasteiger partial charge on any atom is 0.322 e. The summed E-state index contributed by atoms with van der Waals surface area (Å²) in [5.74, 6) is -1.58. The van der Waals surface area contributed by atoms with Crippen LogP contribution in [0, 0.1) is 11.3 Å². The number of carbonyl (C=O) groups is 2. The SMILES string of the molecule is CCCC(C)CC(C)(C(=O)O)C(=O)OC. The van der Waals surface area contributed by atoms with Crippen molar-refractivity contribution in [2.45, 2.75) is 40.0 Å². The molecule has 0 aliphatic carbocycles. The van der Waals surface area contributed by atoms with E-state index in [1.54, 1.807) is 0 Å². The molecule has 0 aromatic rings. The highest BCUT2D eigenvalue weighted by atomic mass is 16.5. The quantitative estimate of drug-likeness (QED) is 0.545. The van der Waals surface area contributed by atoms with Crippen LogP contribution < -0.4 is 0 Å². The number of hydrogen-bond donors (Lipinski definition) is 1. The molecule has 2 atom stereocenters. The number of carboxylic acids is 1. The molecule has 0 aromatic carbocycles. The number of rotatable bonds is 6. The molecule has 0 bridgehead atoms. The van der Waals surface area contributed by atoms with Crippen molar-refractivity contribution in [1.29, 1.82) is 0 Å². The van der Waals surface area contributed by atoms with Crippen LogP contribution in [0.4, 0.5) is 0 Å². The summed E-state index contributed by atoms with van der Waals surface area (Å²) in [6.07, 6.45) is 2.22. The lowest BCUT2D eigenvalue weighted by Crippen LogP contribution is -2.38. The molecule has 0 aromatic heterocycles. The van der Waals surface area contributed by atoms with Gasteiger partial charge in [-0.3, -0.25) is 9.59 Å². The second-order valence-electron chi connectivity index (χ2n) is 4.23. The molecule has 0 fully saturated rings. The molecule has 15 heavy (non-hydrogen) atoms. The van der Waals surface area contributed by atoms with Crippen molar-refractivity contribution in [3.63, 3.8) is 0 Å². The number of aliphatic carboxylic acids is 1. The number of carbonyl (C=O) groups excluding carboxylic acids is 1.